The van der Waals surface area contributed by atoms with Crippen LogP contribution in [0.4, 0.5) is 0 Å². The standard InChI is InChI=1S/C26H43N7O5S/c1-4-16(2)21(24(36)32-20(25(37)38)15-17-9-6-5-7-10-17)33-23(35)19(12-14-39-3)31-22(34)18(27)11-8-13-30-26(28)29/h5-7,9-10,16,18-21H,4,8,11-15,27H2,1-3H3,(H,31,34)(H,32,36)(H,33,35)(H,37,38)(H4,28,29,30). The first kappa shape index (κ1) is 33.7. The summed E-state index contributed by atoms with van der Waals surface area (Å²) in [4.78, 5) is 54.9. The van der Waals surface area contributed by atoms with Crippen molar-refractivity contribution < 1.29 is 24.3 Å². The number of amides is 3. The molecule has 10 N–H and O–H groups in total. The first-order valence-corrected chi connectivity index (χ1v) is 14.4. The number of hydrogen-bond acceptors (Lipinski definition) is 7. The molecule has 218 valence electrons. The van der Waals surface area contributed by atoms with E-state index in [1.807, 2.05) is 19.2 Å². The number of aliphatic carboxylic acids is 1. The van der Waals surface area contributed by atoms with Gasteiger partial charge in [-0.1, -0.05) is 50.6 Å². The Morgan fingerprint density at radius 1 is 0.974 bits per heavy atom. The SMILES string of the molecule is CCC(C)C(NC(=O)C(CCSC)NC(=O)C(N)CCCN=C(N)N)C(=O)NC(Cc1ccccc1)C(=O)O. The molecule has 0 aliphatic carbocycles. The Balaban J connectivity index is 2.94. The molecular weight excluding hydrogens is 522 g/mol. The van der Waals surface area contributed by atoms with Crippen LogP contribution < -0.4 is 33.2 Å². The van der Waals surface area contributed by atoms with Gasteiger partial charge in [-0.2, -0.15) is 11.8 Å². The molecule has 13 heteroatoms. The summed E-state index contributed by atoms with van der Waals surface area (Å²) in [5.41, 5.74) is 17.3. The van der Waals surface area contributed by atoms with Crippen LogP contribution in [0.2, 0.25) is 0 Å². The van der Waals surface area contributed by atoms with E-state index in [-0.39, 0.29) is 18.3 Å². The highest BCUT2D eigenvalue weighted by Gasteiger charge is 2.32. The zero-order valence-electron chi connectivity index (χ0n) is 22.9. The van der Waals surface area contributed by atoms with Gasteiger partial charge in [-0.3, -0.25) is 19.4 Å². The number of rotatable bonds is 18. The van der Waals surface area contributed by atoms with Crippen molar-refractivity contribution >= 4 is 41.4 Å². The van der Waals surface area contributed by atoms with Crippen LogP contribution in [-0.4, -0.2) is 77.5 Å². The molecule has 39 heavy (non-hydrogen) atoms. The Morgan fingerprint density at radius 3 is 2.18 bits per heavy atom. The summed E-state index contributed by atoms with van der Waals surface area (Å²) >= 11 is 1.51. The van der Waals surface area contributed by atoms with Gasteiger partial charge in [0.05, 0.1) is 6.04 Å². The van der Waals surface area contributed by atoms with E-state index in [0.717, 1.165) is 5.56 Å². The van der Waals surface area contributed by atoms with Gasteiger partial charge >= 0.3 is 5.97 Å². The number of nitrogens with two attached hydrogens (primary N) is 3. The van der Waals surface area contributed by atoms with Crippen molar-refractivity contribution in [1.29, 1.82) is 0 Å². The van der Waals surface area contributed by atoms with Gasteiger partial charge in [0.1, 0.15) is 18.1 Å². The summed E-state index contributed by atoms with van der Waals surface area (Å²) in [6.45, 7) is 3.98. The molecule has 0 aromatic heterocycles. The maximum atomic E-state index is 13.3. The molecule has 0 heterocycles. The fraction of sp³-hybridized carbons (Fsp3) is 0.577. The third kappa shape index (κ3) is 12.9. The number of carbonyl (C=O) groups excluding carboxylic acids is 3. The van der Waals surface area contributed by atoms with Crippen LogP contribution in [0.5, 0.6) is 0 Å². The van der Waals surface area contributed by atoms with Crippen LogP contribution in [-0.2, 0) is 25.6 Å². The number of guanidine groups is 1. The third-order valence-corrected chi connectivity index (χ3v) is 6.88. The lowest BCUT2D eigenvalue weighted by molar-refractivity contribution is -0.142. The van der Waals surface area contributed by atoms with E-state index < -0.39 is 47.9 Å². The molecule has 1 aromatic rings. The van der Waals surface area contributed by atoms with E-state index in [2.05, 4.69) is 20.9 Å². The van der Waals surface area contributed by atoms with Crippen molar-refractivity contribution in [2.24, 2.45) is 28.1 Å². The summed E-state index contributed by atoms with van der Waals surface area (Å²) in [6.07, 6.45) is 3.64. The van der Waals surface area contributed by atoms with Crippen molar-refractivity contribution in [3.05, 3.63) is 35.9 Å². The third-order valence-electron chi connectivity index (χ3n) is 6.24. The number of carboxylic acids is 1. The highest BCUT2D eigenvalue weighted by atomic mass is 32.2. The second kappa shape index (κ2) is 18.1. The van der Waals surface area contributed by atoms with Gasteiger partial charge in [0, 0.05) is 13.0 Å². The quantitative estimate of drug-likeness (QED) is 0.0720. The van der Waals surface area contributed by atoms with Gasteiger partial charge in [0.25, 0.3) is 0 Å². The van der Waals surface area contributed by atoms with Crippen LogP contribution in [0.1, 0.15) is 45.1 Å². The number of aliphatic imine (C=N–C) groups is 1. The molecule has 0 aliphatic rings. The largest absolute Gasteiger partial charge is 0.480 e. The van der Waals surface area contributed by atoms with Crippen molar-refractivity contribution in [3.8, 4) is 0 Å². The van der Waals surface area contributed by atoms with E-state index in [4.69, 9.17) is 17.2 Å². The predicted molar refractivity (Wildman–Crippen MR) is 154 cm³/mol. The van der Waals surface area contributed by atoms with E-state index >= 15 is 0 Å². The summed E-state index contributed by atoms with van der Waals surface area (Å²) in [5, 5.41) is 17.7. The molecule has 0 saturated heterocycles. The van der Waals surface area contributed by atoms with Gasteiger partial charge in [0.15, 0.2) is 5.96 Å². The highest BCUT2D eigenvalue weighted by molar-refractivity contribution is 7.98. The van der Waals surface area contributed by atoms with Crippen LogP contribution in [0.3, 0.4) is 0 Å². The van der Waals surface area contributed by atoms with Crippen molar-refractivity contribution in [2.45, 2.75) is 70.1 Å². The number of carboxylic acid groups (broad SMARTS) is 1. The Kier molecular flexibility index (Phi) is 15.6. The van der Waals surface area contributed by atoms with Crippen molar-refractivity contribution in [1.82, 2.24) is 16.0 Å². The number of hydrogen-bond donors (Lipinski definition) is 7. The number of thioether (sulfide) groups is 1. The van der Waals surface area contributed by atoms with E-state index in [0.29, 0.717) is 38.0 Å². The monoisotopic (exact) mass is 565 g/mol. The molecule has 0 saturated carbocycles. The smallest absolute Gasteiger partial charge is 0.326 e. The minimum Gasteiger partial charge on any atom is -0.480 e. The maximum absolute atomic E-state index is 13.3. The molecule has 12 nitrogen and oxygen atoms in total. The van der Waals surface area contributed by atoms with E-state index in [1.54, 1.807) is 31.2 Å². The summed E-state index contributed by atoms with van der Waals surface area (Å²) in [6, 6.07) is 4.99. The number of nitrogens with one attached hydrogen (secondary N) is 3. The second-order valence-electron chi connectivity index (χ2n) is 9.36. The summed E-state index contributed by atoms with van der Waals surface area (Å²) in [5.74, 6) is -2.59. The fourth-order valence-electron chi connectivity index (χ4n) is 3.70. The zero-order valence-corrected chi connectivity index (χ0v) is 23.7. The average Bonchev–Trinajstić information content (AvgIpc) is 2.90. The number of carbonyl (C=O) groups is 4. The molecule has 0 aliphatic heterocycles. The lowest BCUT2D eigenvalue weighted by atomic mass is 9.96. The molecule has 0 bridgehead atoms. The molecule has 0 fully saturated rings. The minimum absolute atomic E-state index is 0.0449. The van der Waals surface area contributed by atoms with E-state index in [1.165, 1.54) is 11.8 Å². The van der Waals surface area contributed by atoms with Crippen LogP contribution in [0.15, 0.2) is 35.3 Å². The maximum Gasteiger partial charge on any atom is 0.326 e. The molecule has 3 amide bonds. The number of benzene rings is 1. The van der Waals surface area contributed by atoms with Gasteiger partial charge < -0.3 is 38.3 Å². The number of nitrogens with zero attached hydrogens (tertiary/aromatic N) is 1. The molecule has 0 spiro atoms. The molecular formula is C26H43N7O5S. The first-order valence-electron chi connectivity index (χ1n) is 13.0. The topological polar surface area (TPSA) is 215 Å². The van der Waals surface area contributed by atoms with Crippen molar-refractivity contribution in [3.63, 3.8) is 0 Å². The predicted octanol–water partition coefficient (Wildman–Crippen LogP) is -0.0518. The van der Waals surface area contributed by atoms with Crippen molar-refractivity contribution in [2.75, 3.05) is 18.6 Å². The minimum atomic E-state index is -1.18. The van der Waals surface area contributed by atoms with Crippen LogP contribution in [0, 0.1) is 5.92 Å². The first-order chi connectivity index (χ1) is 18.5. The van der Waals surface area contributed by atoms with Gasteiger partial charge in [-0.25, -0.2) is 4.79 Å². The second-order valence-corrected chi connectivity index (χ2v) is 10.3. The summed E-state index contributed by atoms with van der Waals surface area (Å²) < 4.78 is 0. The van der Waals surface area contributed by atoms with Gasteiger partial charge in [-0.05, 0) is 42.8 Å². The Labute approximate surface area is 234 Å². The molecule has 1 rings (SSSR count). The lowest BCUT2D eigenvalue weighted by Crippen LogP contribution is -2.59. The molecule has 1 aromatic carbocycles. The van der Waals surface area contributed by atoms with Crippen LogP contribution >= 0.6 is 11.8 Å². The van der Waals surface area contributed by atoms with E-state index in [9.17, 15) is 24.3 Å². The normalized spacial score (nSPS) is 14.7. The fourth-order valence-corrected chi connectivity index (χ4v) is 4.17. The Bertz CT molecular complexity index is 959. The van der Waals surface area contributed by atoms with Gasteiger partial charge in [0.2, 0.25) is 17.7 Å². The van der Waals surface area contributed by atoms with Crippen LogP contribution in [0.25, 0.3) is 0 Å². The Morgan fingerprint density at radius 2 is 1.62 bits per heavy atom. The highest BCUT2D eigenvalue weighted by Crippen LogP contribution is 2.12. The lowest BCUT2D eigenvalue weighted by Gasteiger charge is -2.28. The average molecular weight is 566 g/mol. The molecule has 0 radical (unpaired) electrons. The van der Waals surface area contributed by atoms with Gasteiger partial charge in [-0.15, -0.1) is 0 Å². The Hall–Kier alpha value is -3.32. The summed E-state index contributed by atoms with van der Waals surface area (Å²) in [7, 11) is 0. The molecule has 5 atom stereocenters. The zero-order chi connectivity index (χ0) is 29.4. The molecule has 5 unspecified atom stereocenters.